The van der Waals surface area contributed by atoms with Crippen LogP contribution in [0.3, 0.4) is 0 Å². The first-order valence-corrected chi connectivity index (χ1v) is 4.98. The third kappa shape index (κ3) is 1.41. The van der Waals surface area contributed by atoms with Gasteiger partial charge in [-0.05, 0) is 24.6 Å². The van der Waals surface area contributed by atoms with Crippen LogP contribution in [0, 0.1) is 0 Å². The summed E-state index contributed by atoms with van der Waals surface area (Å²) < 4.78 is 0. The number of thioether (sulfide) groups is 1. The highest BCUT2D eigenvalue weighted by Crippen LogP contribution is 2.25. The average molecular weight is 172 g/mol. The lowest BCUT2D eigenvalue weighted by molar-refractivity contribution is 0.101. The zero-order valence-electron chi connectivity index (χ0n) is 5.88. The maximum Gasteiger partial charge on any atom is 0.170 e. The quantitative estimate of drug-likeness (QED) is 0.504. The summed E-state index contributed by atoms with van der Waals surface area (Å²) in [7, 11) is 0. The molecule has 0 radical (unpaired) electrons. The fourth-order valence-corrected chi connectivity index (χ4v) is 2.42. The van der Waals surface area contributed by atoms with Crippen molar-refractivity contribution in [3.8, 4) is 0 Å². The Bertz CT molecular complexity index is 240. The van der Waals surface area contributed by atoms with Crippen molar-refractivity contribution >= 4 is 28.9 Å². The van der Waals surface area contributed by atoms with Crippen LogP contribution in [0.25, 0.3) is 0 Å². The summed E-state index contributed by atoms with van der Waals surface area (Å²) in [6.07, 6.45) is 1.98. The summed E-state index contributed by atoms with van der Waals surface area (Å²) in [6, 6.07) is 1.98. The number of carbonyl (C=O) groups is 1. The molecule has 0 unspecified atom stereocenters. The monoisotopic (exact) mass is 172 g/mol. The van der Waals surface area contributed by atoms with Crippen molar-refractivity contribution in [2.24, 2.45) is 0 Å². The minimum Gasteiger partial charge on any atom is -0.294 e. The van der Waals surface area contributed by atoms with Gasteiger partial charge in [0, 0.05) is 4.90 Å². The van der Waals surface area contributed by atoms with Gasteiger partial charge in [-0.15, -0.1) is 23.1 Å². The van der Waals surface area contributed by atoms with Crippen molar-refractivity contribution in [2.45, 2.75) is 11.8 Å². The van der Waals surface area contributed by atoms with Crippen LogP contribution in [0.5, 0.6) is 0 Å². The van der Waals surface area contributed by atoms with Gasteiger partial charge in [0.2, 0.25) is 0 Å². The van der Waals surface area contributed by atoms with Crippen molar-refractivity contribution < 1.29 is 4.79 Å². The molecule has 1 nitrogen and oxygen atoms in total. The van der Waals surface area contributed by atoms with Gasteiger partial charge in [-0.2, -0.15) is 0 Å². The van der Waals surface area contributed by atoms with Crippen LogP contribution in [0.2, 0.25) is 0 Å². The molecule has 0 spiro atoms. The van der Waals surface area contributed by atoms with Crippen LogP contribution >= 0.6 is 23.1 Å². The molecular formula is C7H8OS2. The van der Waals surface area contributed by atoms with Crippen molar-refractivity contribution in [2.75, 3.05) is 6.26 Å². The fourth-order valence-electron chi connectivity index (χ4n) is 0.715. The molecule has 3 heteroatoms. The van der Waals surface area contributed by atoms with Crippen molar-refractivity contribution in [1.82, 2.24) is 0 Å². The number of hydrogen-bond donors (Lipinski definition) is 0. The molecule has 0 N–H and O–H groups in total. The van der Waals surface area contributed by atoms with E-state index in [1.807, 2.05) is 17.7 Å². The summed E-state index contributed by atoms with van der Waals surface area (Å²) >= 11 is 3.13. The zero-order chi connectivity index (χ0) is 7.56. The third-order valence-electron chi connectivity index (χ3n) is 1.17. The Morgan fingerprint density at radius 2 is 2.40 bits per heavy atom. The summed E-state index contributed by atoms with van der Waals surface area (Å²) in [5.74, 6) is 0.166. The Balaban J connectivity index is 3.01. The third-order valence-corrected chi connectivity index (χ3v) is 3.09. The van der Waals surface area contributed by atoms with E-state index in [4.69, 9.17) is 0 Å². The van der Waals surface area contributed by atoms with Gasteiger partial charge in [0.05, 0.1) is 4.88 Å². The molecule has 0 fully saturated rings. The predicted molar refractivity (Wildman–Crippen MR) is 46.1 cm³/mol. The Hall–Kier alpha value is -0.280. The smallest absolute Gasteiger partial charge is 0.170 e. The molecule has 0 saturated carbocycles. The highest BCUT2D eigenvalue weighted by Gasteiger charge is 2.06. The number of ketones is 1. The molecule has 0 atom stereocenters. The lowest BCUT2D eigenvalue weighted by Gasteiger charge is -1.92. The largest absolute Gasteiger partial charge is 0.294 e. The number of carbonyl (C=O) groups excluding carboxylic acids is 1. The normalized spacial score (nSPS) is 9.80. The minimum atomic E-state index is 0.166. The van der Waals surface area contributed by atoms with E-state index in [0.29, 0.717) is 0 Å². The highest BCUT2D eigenvalue weighted by atomic mass is 32.2. The first-order chi connectivity index (χ1) is 4.75. The van der Waals surface area contributed by atoms with E-state index in [9.17, 15) is 4.79 Å². The lowest BCUT2D eigenvalue weighted by Crippen LogP contribution is -1.87. The Labute approximate surface area is 68.5 Å². The Morgan fingerprint density at radius 1 is 1.70 bits per heavy atom. The highest BCUT2D eigenvalue weighted by molar-refractivity contribution is 7.98. The van der Waals surface area contributed by atoms with Gasteiger partial charge in [-0.25, -0.2) is 0 Å². The van der Waals surface area contributed by atoms with E-state index in [2.05, 4.69) is 0 Å². The first kappa shape index (κ1) is 7.82. The molecule has 1 aromatic rings. The molecule has 1 heterocycles. The van der Waals surface area contributed by atoms with Gasteiger partial charge in [0.1, 0.15) is 0 Å². The standard InChI is InChI=1S/C7H8OS2/c1-5(8)7-6(9-2)3-4-10-7/h3-4H,1-2H3. The van der Waals surface area contributed by atoms with Crippen molar-refractivity contribution in [3.05, 3.63) is 16.3 Å². The molecule has 0 aliphatic rings. The SMILES string of the molecule is CSc1ccsc1C(C)=O. The van der Waals surface area contributed by atoms with E-state index in [-0.39, 0.29) is 5.78 Å². The number of rotatable bonds is 2. The van der Waals surface area contributed by atoms with E-state index >= 15 is 0 Å². The van der Waals surface area contributed by atoms with E-state index in [1.54, 1.807) is 18.7 Å². The molecule has 0 aliphatic carbocycles. The van der Waals surface area contributed by atoms with Gasteiger partial charge in [0.25, 0.3) is 0 Å². The molecular weight excluding hydrogens is 164 g/mol. The maximum atomic E-state index is 10.9. The summed E-state index contributed by atoms with van der Waals surface area (Å²) in [5.41, 5.74) is 0. The average Bonchev–Trinajstić information content (AvgIpc) is 2.33. The van der Waals surface area contributed by atoms with Gasteiger partial charge < -0.3 is 0 Å². The fraction of sp³-hybridized carbons (Fsp3) is 0.286. The predicted octanol–water partition coefficient (Wildman–Crippen LogP) is 2.67. The summed E-state index contributed by atoms with van der Waals surface area (Å²) in [6.45, 7) is 1.60. The molecule has 10 heavy (non-hydrogen) atoms. The Kier molecular flexibility index (Phi) is 2.51. The summed E-state index contributed by atoms with van der Waals surface area (Å²) in [5, 5.41) is 1.95. The van der Waals surface area contributed by atoms with Crippen LogP contribution in [0.4, 0.5) is 0 Å². The van der Waals surface area contributed by atoms with Crippen LogP contribution in [0.15, 0.2) is 16.3 Å². The van der Waals surface area contributed by atoms with Gasteiger partial charge >= 0.3 is 0 Å². The summed E-state index contributed by atoms with van der Waals surface area (Å²) in [4.78, 5) is 12.9. The second-order valence-corrected chi connectivity index (χ2v) is 3.64. The molecule has 0 aromatic carbocycles. The second kappa shape index (κ2) is 3.21. The number of thiophene rings is 1. The van der Waals surface area contributed by atoms with Crippen LogP contribution in [-0.2, 0) is 0 Å². The molecule has 1 aromatic heterocycles. The first-order valence-electron chi connectivity index (χ1n) is 2.88. The van der Waals surface area contributed by atoms with Gasteiger partial charge in [0.15, 0.2) is 5.78 Å². The maximum absolute atomic E-state index is 10.9. The minimum absolute atomic E-state index is 0.166. The van der Waals surface area contributed by atoms with Gasteiger partial charge in [-0.1, -0.05) is 0 Å². The van der Waals surface area contributed by atoms with Crippen LogP contribution in [0.1, 0.15) is 16.6 Å². The van der Waals surface area contributed by atoms with Crippen molar-refractivity contribution in [1.29, 1.82) is 0 Å². The van der Waals surface area contributed by atoms with Crippen LogP contribution < -0.4 is 0 Å². The Morgan fingerprint density at radius 3 is 2.80 bits per heavy atom. The van der Waals surface area contributed by atoms with E-state index < -0.39 is 0 Å². The topological polar surface area (TPSA) is 17.1 Å². The van der Waals surface area contributed by atoms with E-state index in [0.717, 1.165) is 9.77 Å². The molecule has 54 valence electrons. The molecule has 0 bridgehead atoms. The second-order valence-electron chi connectivity index (χ2n) is 1.87. The van der Waals surface area contributed by atoms with Gasteiger partial charge in [-0.3, -0.25) is 4.79 Å². The number of Topliss-reactive ketones (excluding diaryl/α,β-unsaturated/α-hetero) is 1. The molecule has 0 aliphatic heterocycles. The lowest BCUT2D eigenvalue weighted by atomic mass is 10.4. The van der Waals surface area contributed by atoms with Crippen molar-refractivity contribution in [3.63, 3.8) is 0 Å². The molecule has 0 amide bonds. The molecule has 1 rings (SSSR count). The number of hydrogen-bond acceptors (Lipinski definition) is 3. The molecule has 0 saturated heterocycles. The van der Waals surface area contributed by atoms with Crippen LogP contribution in [-0.4, -0.2) is 12.0 Å². The van der Waals surface area contributed by atoms with E-state index in [1.165, 1.54) is 11.3 Å². The zero-order valence-corrected chi connectivity index (χ0v) is 7.51.